The lowest BCUT2D eigenvalue weighted by atomic mass is 10.2. The van der Waals surface area contributed by atoms with Gasteiger partial charge in [-0.1, -0.05) is 42.8 Å². The molecule has 1 aromatic heterocycles. The Balaban J connectivity index is 1.84. The number of amides is 1. The van der Waals surface area contributed by atoms with Crippen molar-refractivity contribution in [2.75, 3.05) is 13.1 Å². The molecule has 0 radical (unpaired) electrons. The molecule has 2 heterocycles. The minimum Gasteiger partial charge on any atom is -0.378 e. The number of likely N-dealkylation sites (tertiary alicyclic amines) is 1. The smallest absolute Gasteiger partial charge is 0.242 e. The highest BCUT2D eigenvalue weighted by Gasteiger charge is 2.18. The van der Waals surface area contributed by atoms with E-state index in [4.69, 9.17) is 11.1 Å². The quantitative estimate of drug-likeness (QED) is 0.516. The van der Waals surface area contributed by atoms with Crippen molar-refractivity contribution in [1.29, 1.82) is 5.41 Å². The molecule has 0 aliphatic carbocycles. The number of nitrogens with zero attached hydrogens (tertiary/aromatic N) is 2. The van der Waals surface area contributed by atoms with Gasteiger partial charge >= 0.3 is 0 Å². The molecular weight excluding hydrogens is 308 g/mol. The molecule has 6 heteroatoms. The summed E-state index contributed by atoms with van der Waals surface area (Å²) in [5, 5.41) is 8.60. The number of carbonyl (C=O) groups excluding carboxylic acids is 1. The van der Waals surface area contributed by atoms with Crippen LogP contribution >= 0.6 is 11.8 Å². The maximum Gasteiger partial charge on any atom is 0.242 e. The molecular formula is C17H22N4OS. The normalized spacial score (nSPS) is 15.6. The molecule has 1 amide bonds. The standard InChI is InChI=1S/C17H22N4OS/c18-17(19)23-15-11-21(14-8-4-3-7-13(14)15)12-16(22)20-9-5-1-2-6-10-20/h3-4,7-8,11H,1-2,5-6,9-10,12H2,(H3,18,19). The van der Waals surface area contributed by atoms with Crippen molar-refractivity contribution in [3.63, 3.8) is 0 Å². The van der Waals surface area contributed by atoms with Crippen LogP contribution in [0.1, 0.15) is 25.7 Å². The van der Waals surface area contributed by atoms with Crippen LogP contribution in [-0.4, -0.2) is 33.6 Å². The van der Waals surface area contributed by atoms with Crippen molar-refractivity contribution in [3.8, 4) is 0 Å². The van der Waals surface area contributed by atoms with Gasteiger partial charge in [-0.05, 0) is 18.9 Å². The zero-order chi connectivity index (χ0) is 16.2. The highest BCUT2D eigenvalue weighted by atomic mass is 32.2. The molecule has 23 heavy (non-hydrogen) atoms. The number of benzene rings is 1. The summed E-state index contributed by atoms with van der Waals surface area (Å²) in [5.74, 6) is 0.173. The Kier molecular flexibility index (Phi) is 4.91. The molecule has 3 rings (SSSR count). The number of rotatable bonds is 3. The van der Waals surface area contributed by atoms with Crippen molar-refractivity contribution < 1.29 is 4.79 Å². The molecule has 0 spiro atoms. The van der Waals surface area contributed by atoms with E-state index in [2.05, 4.69) is 0 Å². The molecule has 0 unspecified atom stereocenters. The number of nitrogens with two attached hydrogens (primary N) is 1. The molecule has 2 aromatic rings. The molecule has 5 nitrogen and oxygen atoms in total. The number of carbonyl (C=O) groups is 1. The summed E-state index contributed by atoms with van der Waals surface area (Å²) in [6.07, 6.45) is 6.57. The molecule has 1 aliphatic heterocycles. The van der Waals surface area contributed by atoms with Gasteiger partial charge in [0.2, 0.25) is 5.91 Å². The number of nitrogens with one attached hydrogen (secondary N) is 1. The summed E-state index contributed by atoms with van der Waals surface area (Å²) in [4.78, 5) is 15.5. The number of aromatic nitrogens is 1. The first kappa shape index (κ1) is 15.9. The van der Waals surface area contributed by atoms with E-state index >= 15 is 0 Å². The average molecular weight is 330 g/mol. The minimum atomic E-state index is 0.0618. The van der Waals surface area contributed by atoms with Gasteiger partial charge in [-0.25, -0.2) is 0 Å². The Morgan fingerprint density at radius 3 is 2.57 bits per heavy atom. The Morgan fingerprint density at radius 1 is 1.17 bits per heavy atom. The van der Waals surface area contributed by atoms with Crippen molar-refractivity contribution in [3.05, 3.63) is 30.5 Å². The predicted octanol–water partition coefficient (Wildman–Crippen LogP) is 3.03. The highest BCUT2D eigenvalue weighted by molar-refractivity contribution is 8.13. The molecule has 1 saturated heterocycles. The molecule has 1 aromatic carbocycles. The second-order valence-corrected chi connectivity index (χ2v) is 6.98. The molecule has 122 valence electrons. The summed E-state index contributed by atoms with van der Waals surface area (Å²) in [6.45, 7) is 2.08. The first-order valence-corrected chi connectivity index (χ1v) is 8.84. The van der Waals surface area contributed by atoms with E-state index in [-0.39, 0.29) is 11.1 Å². The topological polar surface area (TPSA) is 75.1 Å². The predicted molar refractivity (Wildman–Crippen MR) is 94.8 cm³/mol. The summed E-state index contributed by atoms with van der Waals surface area (Å²) >= 11 is 1.23. The fraction of sp³-hybridized carbons (Fsp3) is 0.412. The number of thioether (sulfide) groups is 1. The fourth-order valence-electron chi connectivity index (χ4n) is 3.11. The van der Waals surface area contributed by atoms with Gasteiger partial charge in [0, 0.05) is 35.1 Å². The molecule has 3 N–H and O–H groups in total. The first-order chi connectivity index (χ1) is 11.1. The van der Waals surface area contributed by atoms with Gasteiger partial charge < -0.3 is 15.2 Å². The van der Waals surface area contributed by atoms with Crippen LogP contribution in [0.15, 0.2) is 35.4 Å². The zero-order valence-electron chi connectivity index (χ0n) is 13.1. The van der Waals surface area contributed by atoms with E-state index < -0.39 is 0 Å². The monoisotopic (exact) mass is 330 g/mol. The number of hydrogen-bond acceptors (Lipinski definition) is 3. The van der Waals surface area contributed by atoms with Crippen molar-refractivity contribution in [2.45, 2.75) is 37.1 Å². The Morgan fingerprint density at radius 2 is 1.87 bits per heavy atom. The van der Waals surface area contributed by atoms with Gasteiger partial charge in [-0.3, -0.25) is 10.2 Å². The SMILES string of the molecule is N=C(N)Sc1cn(CC(=O)N2CCCCCC2)c2ccccc12. The van der Waals surface area contributed by atoms with Crippen molar-refractivity contribution in [1.82, 2.24) is 9.47 Å². The molecule has 0 atom stereocenters. The first-order valence-electron chi connectivity index (χ1n) is 8.02. The summed E-state index contributed by atoms with van der Waals surface area (Å²) < 4.78 is 1.98. The Labute approximate surface area is 140 Å². The van der Waals surface area contributed by atoms with Crippen LogP contribution in [0.25, 0.3) is 10.9 Å². The maximum absolute atomic E-state index is 12.6. The van der Waals surface area contributed by atoms with Crippen LogP contribution in [0.3, 0.4) is 0 Å². The van der Waals surface area contributed by atoms with Crippen molar-refractivity contribution >= 4 is 33.7 Å². The summed E-state index contributed by atoms with van der Waals surface area (Å²) in [5.41, 5.74) is 6.54. The van der Waals surface area contributed by atoms with Crippen LogP contribution < -0.4 is 5.73 Å². The largest absolute Gasteiger partial charge is 0.378 e. The van der Waals surface area contributed by atoms with Gasteiger partial charge in [0.1, 0.15) is 6.54 Å². The summed E-state index contributed by atoms with van der Waals surface area (Å²) in [6, 6.07) is 7.95. The van der Waals surface area contributed by atoms with E-state index in [1.54, 1.807) is 0 Å². The number of hydrogen-bond donors (Lipinski definition) is 2. The van der Waals surface area contributed by atoms with Crippen LogP contribution in [0.4, 0.5) is 0 Å². The van der Waals surface area contributed by atoms with Gasteiger partial charge in [-0.15, -0.1) is 0 Å². The molecule has 1 fully saturated rings. The Hall–Kier alpha value is -1.95. The maximum atomic E-state index is 12.6. The highest BCUT2D eigenvalue weighted by Crippen LogP contribution is 2.29. The minimum absolute atomic E-state index is 0.0618. The second-order valence-electron chi connectivity index (χ2n) is 5.90. The van der Waals surface area contributed by atoms with E-state index in [1.165, 1.54) is 24.6 Å². The van der Waals surface area contributed by atoms with E-state index in [0.29, 0.717) is 6.54 Å². The molecule has 0 bridgehead atoms. The van der Waals surface area contributed by atoms with Crippen LogP contribution in [0.2, 0.25) is 0 Å². The van der Waals surface area contributed by atoms with Gasteiger partial charge in [0.05, 0.1) is 0 Å². The average Bonchev–Trinajstić information content (AvgIpc) is 2.73. The van der Waals surface area contributed by atoms with Crippen LogP contribution in [0, 0.1) is 5.41 Å². The number of para-hydroxylation sites is 1. The number of amidine groups is 1. The van der Waals surface area contributed by atoms with Crippen molar-refractivity contribution in [2.24, 2.45) is 5.73 Å². The lowest BCUT2D eigenvalue weighted by Gasteiger charge is -2.20. The van der Waals surface area contributed by atoms with E-state index in [9.17, 15) is 4.79 Å². The third-order valence-electron chi connectivity index (χ3n) is 4.24. The second kappa shape index (κ2) is 7.08. The molecule has 0 saturated carbocycles. The van der Waals surface area contributed by atoms with E-state index in [1.807, 2.05) is 39.9 Å². The zero-order valence-corrected chi connectivity index (χ0v) is 13.9. The lowest BCUT2D eigenvalue weighted by Crippen LogP contribution is -2.34. The van der Waals surface area contributed by atoms with Crippen LogP contribution in [-0.2, 0) is 11.3 Å². The summed E-state index contributed by atoms with van der Waals surface area (Å²) in [7, 11) is 0. The van der Waals surface area contributed by atoms with Gasteiger partial charge in [0.25, 0.3) is 0 Å². The number of fused-ring (bicyclic) bond motifs is 1. The van der Waals surface area contributed by atoms with E-state index in [0.717, 1.165) is 41.7 Å². The van der Waals surface area contributed by atoms with Gasteiger partial charge in [0.15, 0.2) is 5.17 Å². The molecule has 1 aliphatic rings. The third-order valence-corrected chi connectivity index (χ3v) is 5.00. The van der Waals surface area contributed by atoms with Gasteiger partial charge in [-0.2, -0.15) is 0 Å². The van der Waals surface area contributed by atoms with Crippen LogP contribution in [0.5, 0.6) is 0 Å². The fourth-order valence-corrected chi connectivity index (χ4v) is 3.81. The Bertz CT molecular complexity index is 716. The third kappa shape index (κ3) is 3.69. The lowest BCUT2D eigenvalue weighted by molar-refractivity contribution is -0.131.